The van der Waals surface area contributed by atoms with Gasteiger partial charge in [-0.05, 0) is 37.9 Å². The molecule has 1 aromatic rings. The first-order valence-electron chi connectivity index (χ1n) is 6.49. The molecule has 0 amide bonds. The average Bonchev–Trinajstić information content (AvgIpc) is 2.43. The molecule has 3 saturated heterocycles. The van der Waals surface area contributed by atoms with E-state index < -0.39 is 0 Å². The summed E-state index contributed by atoms with van der Waals surface area (Å²) in [5.74, 6) is 7.18. The van der Waals surface area contributed by atoms with Gasteiger partial charge in [-0.1, -0.05) is 23.2 Å². The van der Waals surface area contributed by atoms with Gasteiger partial charge in [0, 0.05) is 12.6 Å². The van der Waals surface area contributed by atoms with Crippen LogP contribution in [-0.4, -0.2) is 35.6 Å². The van der Waals surface area contributed by atoms with E-state index in [0.717, 1.165) is 6.54 Å². The summed E-state index contributed by atoms with van der Waals surface area (Å²) in [5.41, 5.74) is 2.48. The summed E-state index contributed by atoms with van der Waals surface area (Å²) in [4.78, 5) is 6.81. The summed E-state index contributed by atoms with van der Waals surface area (Å²) in [6.45, 7) is 3.47. The number of nitrogen functional groups attached to an aromatic ring is 1. The Hall–Kier alpha value is -0.750. The lowest BCUT2D eigenvalue weighted by atomic mass is 9.84. The van der Waals surface area contributed by atoms with E-state index in [9.17, 15) is 0 Å². The molecule has 0 aromatic carbocycles. The van der Waals surface area contributed by atoms with Crippen LogP contribution in [0.25, 0.3) is 0 Å². The Morgan fingerprint density at radius 1 is 1.21 bits per heavy atom. The smallest absolute Gasteiger partial charge is 0.161 e. The fourth-order valence-electron chi connectivity index (χ4n) is 2.97. The number of anilines is 2. The van der Waals surface area contributed by atoms with Crippen LogP contribution in [0.2, 0.25) is 10.0 Å². The van der Waals surface area contributed by atoms with Crippen LogP contribution in [-0.2, 0) is 0 Å². The van der Waals surface area contributed by atoms with Crippen LogP contribution in [0.5, 0.6) is 0 Å². The van der Waals surface area contributed by atoms with Gasteiger partial charge in [-0.2, -0.15) is 0 Å². The van der Waals surface area contributed by atoms with Crippen LogP contribution in [0.4, 0.5) is 11.6 Å². The summed E-state index contributed by atoms with van der Waals surface area (Å²) in [7, 11) is 0. The maximum Gasteiger partial charge on any atom is 0.161 e. The van der Waals surface area contributed by atoms with Gasteiger partial charge >= 0.3 is 0 Å². The molecule has 1 aromatic heterocycles. The van der Waals surface area contributed by atoms with E-state index >= 15 is 0 Å². The fourth-order valence-corrected chi connectivity index (χ4v) is 3.44. The van der Waals surface area contributed by atoms with Crippen LogP contribution in [0.3, 0.4) is 0 Å². The first-order valence-corrected chi connectivity index (χ1v) is 7.24. The van der Waals surface area contributed by atoms with Gasteiger partial charge in [0.05, 0.1) is 10.0 Å². The van der Waals surface area contributed by atoms with Crippen molar-refractivity contribution in [2.75, 3.05) is 30.4 Å². The Morgan fingerprint density at radius 2 is 1.89 bits per heavy atom. The predicted octanol–water partition coefficient (Wildman–Crippen LogP) is 2.18. The molecule has 7 heteroatoms. The van der Waals surface area contributed by atoms with Crippen molar-refractivity contribution in [3.8, 4) is 0 Å². The van der Waals surface area contributed by atoms with E-state index in [0.29, 0.717) is 33.6 Å². The molecule has 0 saturated carbocycles. The Labute approximate surface area is 122 Å². The van der Waals surface area contributed by atoms with Crippen LogP contribution < -0.4 is 16.6 Å². The van der Waals surface area contributed by atoms with Crippen molar-refractivity contribution >= 4 is 34.8 Å². The van der Waals surface area contributed by atoms with Crippen molar-refractivity contribution in [2.24, 2.45) is 11.8 Å². The Balaban J connectivity index is 1.79. The number of nitrogens with two attached hydrogens (primary N) is 1. The van der Waals surface area contributed by atoms with Crippen molar-refractivity contribution in [1.82, 2.24) is 9.88 Å². The highest BCUT2D eigenvalue weighted by atomic mass is 35.5. The number of pyridine rings is 1. The Bertz CT molecular complexity index is 473. The summed E-state index contributed by atoms with van der Waals surface area (Å²) >= 11 is 12.2. The molecule has 0 aliphatic carbocycles. The van der Waals surface area contributed by atoms with Crippen molar-refractivity contribution < 1.29 is 0 Å². The number of hydrazine groups is 1. The number of piperidine rings is 3. The molecular formula is C12H17Cl2N5. The molecule has 2 bridgehead atoms. The summed E-state index contributed by atoms with van der Waals surface area (Å²) in [5, 5.41) is 4.39. The second-order valence-corrected chi connectivity index (χ2v) is 6.00. The zero-order chi connectivity index (χ0) is 13.4. The molecule has 1 atom stereocenters. The molecular weight excluding hydrogens is 285 g/mol. The largest absolute Gasteiger partial charge is 0.364 e. The zero-order valence-corrected chi connectivity index (χ0v) is 12.0. The molecule has 19 heavy (non-hydrogen) atoms. The molecule has 3 aliphatic heterocycles. The SMILES string of the molecule is NNc1nc(NC2CN3CCC2CC3)c(Cl)cc1Cl. The second-order valence-electron chi connectivity index (χ2n) is 5.18. The van der Waals surface area contributed by atoms with Crippen LogP contribution in [0, 0.1) is 5.92 Å². The van der Waals surface area contributed by atoms with Crippen LogP contribution in [0.1, 0.15) is 12.8 Å². The average molecular weight is 302 g/mol. The molecule has 4 heterocycles. The van der Waals surface area contributed by atoms with Gasteiger partial charge in [-0.3, -0.25) is 0 Å². The zero-order valence-electron chi connectivity index (χ0n) is 10.5. The number of halogens is 2. The molecule has 4 N–H and O–H groups in total. The van der Waals surface area contributed by atoms with E-state index in [-0.39, 0.29) is 0 Å². The quantitative estimate of drug-likeness (QED) is 0.590. The lowest BCUT2D eigenvalue weighted by molar-refractivity contribution is 0.0974. The van der Waals surface area contributed by atoms with E-state index in [2.05, 4.69) is 20.6 Å². The van der Waals surface area contributed by atoms with E-state index in [1.807, 2.05) is 0 Å². The van der Waals surface area contributed by atoms with Gasteiger partial charge in [0.15, 0.2) is 5.82 Å². The minimum absolute atomic E-state index is 0.402. The molecule has 104 valence electrons. The molecule has 0 spiro atoms. The van der Waals surface area contributed by atoms with Gasteiger partial charge in [-0.15, -0.1) is 0 Å². The van der Waals surface area contributed by atoms with E-state index in [1.165, 1.54) is 25.9 Å². The molecule has 1 unspecified atom stereocenters. The molecule has 4 rings (SSSR count). The van der Waals surface area contributed by atoms with Crippen molar-refractivity contribution in [3.05, 3.63) is 16.1 Å². The number of fused-ring (bicyclic) bond motifs is 3. The molecule has 3 fully saturated rings. The normalized spacial score (nSPS) is 29.3. The van der Waals surface area contributed by atoms with E-state index in [4.69, 9.17) is 29.0 Å². The number of hydrogen-bond acceptors (Lipinski definition) is 5. The lowest BCUT2D eigenvalue weighted by Gasteiger charge is -2.45. The maximum atomic E-state index is 6.19. The number of aromatic nitrogens is 1. The van der Waals surface area contributed by atoms with Gasteiger partial charge < -0.3 is 15.6 Å². The summed E-state index contributed by atoms with van der Waals surface area (Å²) < 4.78 is 0. The standard InChI is InChI=1S/C12H17Cl2N5/c13-8-5-9(14)12(18-15)17-11(8)16-10-6-19-3-1-7(10)2-4-19/h5,7,10H,1-4,6,15H2,(H2,16,17,18). The predicted molar refractivity (Wildman–Crippen MR) is 78.6 cm³/mol. The second kappa shape index (κ2) is 5.32. The van der Waals surface area contributed by atoms with E-state index in [1.54, 1.807) is 6.07 Å². The Morgan fingerprint density at radius 3 is 2.47 bits per heavy atom. The van der Waals surface area contributed by atoms with Gasteiger partial charge in [0.2, 0.25) is 0 Å². The summed E-state index contributed by atoms with van der Waals surface area (Å²) in [6.07, 6.45) is 2.48. The van der Waals surface area contributed by atoms with Crippen molar-refractivity contribution in [1.29, 1.82) is 0 Å². The van der Waals surface area contributed by atoms with Crippen molar-refractivity contribution in [3.63, 3.8) is 0 Å². The van der Waals surface area contributed by atoms with Gasteiger partial charge in [0.1, 0.15) is 5.82 Å². The van der Waals surface area contributed by atoms with Crippen LogP contribution >= 0.6 is 23.2 Å². The first kappa shape index (κ1) is 13.2. The lowest BCUT2D eigenvalue weighted by Crippen LogP contribution is -2.53. The highest BCUT2D eigenvalue weighted by molar-refractivity contribution is 6.37. The fraction of sp³-hybridized carbons (Fsp3) is 0.583. The number of hydrogen-bond donors (Lipinski definition) is 3. The molecule has 0 radical (unpaired) electrons. The van der Waals surface area contributed by atoms with Gasteiger partial charge in [-0.25, -0.2) is 10.8 Å². The third-order valence-electron chi connectivity index (χ3n) is 4.04. The topological polar surface area (TPSA) is 66.2 Å². The third-order valence-corrected chi connectivity index (χ3v) is 4.62. The molecule has 3 aliphatic rings. The minimum Gasteiger partial charge on any atom is -0.364 e. The molecule has 5 nitrogen and oxygen atoms in total. The Kier molecular flexibility index (Phi) is 3.71. The first-order chi connectivity index (χ1) is 9.17. The third kappa shape index (κ3) is 2.60. The highest BCUT2D eigenvalue weighted by Crippen LogP contribution is 2.33. The van der Waals surface area contributed by atoms with Crippen molar-refractivity contribution in [2.45, 2.75) is 18.9 Å². The number of rotatable bonds is 3. The maximum absolute atomic E-state index is 6.19. The monoisotopic (exact) mass is 301 g/mol. The number of nitrogens with one attached hydrogen (secondary N) is 2. The van der Waals surface area contributed by atoms with Gasteiger partial charge in [0.25, 0.3) is 0 Å². The minimum atomic E-state index is 0.402. The highest BCUT2D eigenvalue weighted by Gasteiger charge is 2.34. The summed E-state index contributed by atoms with van der Waals surface area (Å²) in [6, 6.07) is 2.06. The number of nitrogens with zero attached hydrogens (tertiary/aromatic N) is 2. The van der Waals surface area contributed by atoms with Crippen LogP contribution in [0.15, 0.2) is 6.07 Å².